The summed E-state index contributed by atoms with van der Waals surface area (Å²) in [6, 6.07) is 19.9. The van der Waals surface area contributed by atoms with E-state index in [0.717, 1.165) is 56.1 Å². The van der Waals surface area contributed by atoms with Crippen LogP contribution in [0.25, 0.3) is 0 Å². The van der Waals surface area contributed by atoms with Gasteiger partial charge in [0.05, 0.1) is 11.5 Å². The predicted molar refractivity (Wildman–Crippen MR) is 256 cm³/mol. The number of hydrogen-bond donors (Lipinski definition) is 0. The zero-order valence-corrected chi connectivity index (χ0v) is 43.0. The van der Waals surface area contributed by atoms with E-state index in [4.69, 9.17) is 37.9 Å². The highest BCUT2D eigenvalue weighted by molar-refractivity contribution is 5.95. The number of allylic oxidation sites excluding steroid dienone is 2. The molecule has 2 heterocycles. The fraction of sp³-hybridized carbons (Fsp3) is 0.667. The van der Waals surface area contributed by atoms with Crippen molar-refractivity contribution in [3.05, 3.63) is 83.4 Å². The molecule has 2 aromatic rings. The number of carbonyl (C=O) groups is 5. The van der Waals surface area contributed by atoms with Gasteiger partial charge in [0.25, 0.3) is 5.97 Å². The van der Waals surface area contributed by atoms with Gasteiger partial charge in [-0.1, -0.05) is 108 Å². The highest BCUT2D eigenvalue weighted by atomic mass is 16.9. The third-order valence-electron chi connectivity index (χ3n) is 19.1. The summed E-state index contributed by atoms with van der Waals surface area (Å²) in [7, 11) is 0. The molecular formula is C57H74O13. The van der Waals surface area contributed by atoms with E-state index in [1.54, 1.807) is 6.92 Å². The van der Waals surface area contributed by atoms with Crippen molar-refractivity contribution in [2.45, 2.75) is 183 Å². The van der Waals surface area contributed by atoms with Crippen molar-refractivity contribution < 1.29 is 61.9 Å². The predicted octanol–water partition coefficient (Wildman–Crippen LogP) is 9.93. The Hall–Kier alpha value is -4.43. The fourth-order valence-electron chi connectivity index (χ4n) is 15.3. The van der Waals surface area contributed by atoms with Gasteiger partial charge in [-0.3, -0.25) is 28.7 Å². The second-order valence-corrected chi connectivity index (χ2v) is 23.9. The molecule has 0 N–H and O–H groups in total. The number of rotatable bonds is 10. The molecule has 7 aliphatic rings. The summed E-state index contributed by atoms with van der Waals surface area (Å²) in [5.74, 6) is -3.56. The van der Waals surface area contributed by atoms with Crippen LogP contribution in [0.15, 0.2) is 72.3 Å². The van der Waals surface area contributed by atoms with Crippen molar-refractivity contribution in [3.63, 3.8) is 0 Å². The Morgan fingerprint density at radius 3 is 1.94 bits per heavy atom. The van der Waals surface area contributed by atoms with Gasteiger partial charge in [0.2, 0.25) is 0 Å². The third kappa shape index (κ3) is 8.45. The Labute approximate surface area is 413 Å². The molecule has 13 heteroatoms. The van der Waals surface area contributed by atoms with E-state index in [1.165, 1.54) is 26.3 Å². The van der Waals surface area contributed by atoms with Crippen molar-refractivity contribution >= 4 is 29.7 Å². The van der Waals surface area contributed by atoms with E-state index in [1.807, 2.05) is 66.7 Å². The van der Waals surface area contributed by atoms with Crippen molar-refractivity contribution in [2.24, 2.45) is 50.2 Å². The zero-order chi connectivity index (χ0) is 50.4. The van der Waals surface area contributed by atoms with Gasteiger partial charge in [0.1, 0.15) is 12.7 Å². The first-order valence-corrected chi connectivity index (χ1v) is 25.6. The van der Waals surface area contributed by atoms with Crippen molar-refractivity contribution in [1.82, 2.24) is 0 Å². The number of fused-ring (bicyclic) bond motifs is 8. The zero-order valence-electron chi connectivity index (χ0n) is 43.0. The van der Waals surface area contributed by atoms with Crippen molar-refractivity contribution in [1.29, 1.82) is 0 Å². The van der Waals surface area contributed by atoms with E-state index in [9.17, 15) is 19.2 Å². The average molecular weight is 967 g/mol. The summed E-state index contributed by atoms with van der Waals surface area (Å²) < 4.78 is 49.3. The van der Waals surface area contributed by atoms with E-state index >= 15 is 4.79 Å². The molecule has 15 atom stereocenters. The van der Waals surface area contributed by atoms with Gasteiger partial charge in [-0.25, -0.2) is 0 Å². The molecule has 0 radical (unpaired) electrons. The molecule has 380 valence electrons. The molecule has 0 unspecified atom stereocenters. The Kier molecular flexibility index (Phi) is 13.0. The van der Waals surface area contributed by atoms with E-state index in [0.29, 0.717) is 12.8 Å². The van der Waals surface area contributed by atoms with Gasteiger partial charge in [-0.15, -0.1) is 0 Å². The number of benzene rings is 2. The number of ketones is 1. The smallest absolute Gasteiger partial charge is 0.312 e. The molecule has 5 aliphatic carbocycles. The SMILES string of the molecule is CC(=O)OC[C@H]1O[C@@H]2O[C@@](C)(O[C@H]3CC[C@]4(C)[C@H]5C(=O)C=C6[C@@H]7C[C@@](C)(C(=O)OC(c8ccccc8)c8ccccc8)CC[C@]7(C)CC[C@@]6(C)[C@]5(C)CC[C@H]4C3(C)C)O[C@@H]2[C@@H](OC(C)=O)[C@@H]1OC(C)=O. The summed E-state index contributed by atoms with van der Waals surface area (Å²) in [6.07, 6.45) is 3.05. The molecule has 2 aliphatic heterocycles. The van der Waals surface area contributed by atoms with Gasteiger partial charge in [-0.05, 0) is 121 Å². The fourth-order valence-corrected chi connectivity index (χ4v) is 15.3. The minimum absolute atomic E-state index is 0.0444. The lowest BCUT2D eigenvalue weighted by Crippen LogP contribution is -2.67. The van der Waals surface area contributed by atoms with Crippen LogP contribution in [-0.4, -0.2) is 79.1 Å². The lowest BCUT2D eigenvalue weighted by molar-refractivity contribution is -0.378. The maximum atomic E-state index is 15.4. The largest absolute Gasteiger partial charge is 0.463 e. The Balaban J connectivity index is 0.955. The summed E-state index contributed by atoms with van der Waals surface area (Å²) >= 11 is 0. The molecule has 2 saturated heterocycles. The molecule has 2 aromatic carbocycles. The molecule has 4 saturated carbocycles. The minimum atomic E-state index is -1.66. The average Bonchev–Trinajstić information content (AvgIpc) is 3.63. The van der Waals surface area contributed by atoms with E-state index in [2.05, 4.69) is 48.5 Å². The second-order valence-electron chi connectivity index (χ2n) is 23.9. The first-order chi connectivity index (χ1) is 32.9. The Morgan fingerprint density at radius 2 is 1.33 bits per heavy atom. The van der Waals surface area contributed by atoms with Crippen LogP contribution in [0.1, 0.15) is 151 Å². The molecule has 0 spiro atoms. The maximum Gasteiger partial charge on any atom is 0.312 e. The van der Waals surface area contributed by atoms with Crippen LogP contribution in [0.4, 0.5) is 0 Å². The van der Waals surface area contributed by atoms with E-state index < -0.39 is 71.5 Å². The van der Waals surface area contributed by atoms with Crippen molar-refractivity contribution in [3.8, 4) is 0 Å². The van der Waals surface area contributed by atoms with Crippen LogP contribution in [0.2, 0.25) is 0 Å². The maximum absolute atomic E-state index is 15.4. The lowest BCUT2D eigenvalue weighted by Gasteiger charge is -2.70. The van der Waals surface area contributed by atoms with Crippen LogP contribution in [0, 0.1) is 50.2 Å². The van der Waals surface area contributed by atoms with Crippen molar-refractivity contribution in [2.75, 3.05) is 6.61 Å². The highest BCUT2D eigenvalue weighted by Gasteiger charge is 2.71. The van der Waals surface area contributed by atoms with Crippen LogP contribution in [-0.2, 0) is 61.9 Å². The molecule has 70 heavy (non-hydrogen) atoms. The Morgan fingerprint density at radius 1 is 0.714 bits per heavy atom. The van der Waals surface area contributed by atoms with Gasteiger partial charge in [0.15, 0.2) is 36.5 Å². The Bertz CT molecular complexity index is 2360. The van der Waals surface area contributed by atoms with Gasteiger partial charge < -0.3 is 33.2 Å². The van der Waals surface area contributed by atoms with Crippen LogP contribution < -0.4 is 0 Å². The molecule has 9 rings (SSSR count). The van der Waals surface area contributed by atoms with Crippen LogP contribution >= 0.6 is 0 Å². The number of ether oxygens (including phenoxy) is 8. The molecule has 13 nitrogen and oxygen atoms in total. The first kappa shape index (κ1) is 50.5. The third-order valence-corrected chi connectivity index (χ3v) is 19.1. The topological polar surface area (TPSA) is 159 Å². The quantitative estimate of drug-likeness (QED) is 0.164. The summed E-state index contributed by atoms with van der Waals surface area (Å²) in [5.41, 5.74) is 0.926. The monoisotopic (exact) mass is 967 g/mol. The summed E-state index contributed by atoms with van der Waals surface area (Å²) in [5, 5.41) is 0. The standard InChI is InChI=1S/C57H74O13/c1-33(58)63-32-41-45(64-34(2)59)46(65-35(3)60)47-49(66-41)70-57(11,69-47)68-43-23-24-54(8)42(51(43,4)5)22-25-56(10)48(54)40(61)30-38-39-31-53(7,27-26-52(39,6)28-29-55(38,56)9)50(62)67-44(36-18-14-12-15-19-36)37-20-16-13-17-21-37/h12-21,30,39,41-49H,22-29,31-32H2,1-11H3/t39-,41+,42-,43-,45+,46-,47+,48+,49+,52+,53-,54-,55+,56+,57-/m0/s1. The van der Waals surface area contributed by atoms with E-state index in [-0.39, 0.29) is 63.9 Å². The normalized spacial score (nSPS) is 41.6. The molecular weight excluding hydrogens is 893 g/mol. The molecule has 0 amide bonds. The number of hydrogen-bond acceptors (Lipinski definition) is 13. The molecule has 0 aromatic heterocycles. The molecule has 6 fully saturated rings. The summed E-state index contributed by atoms with van der Waals surface area (Å²) in [6.45, 7) is 21.2. The molecule has 0 bridgehead atoms. The van der Waals surface area contributed by atoms with Gasteiger partial charge in [-0.2, -0.15) is 0 Å². The first-order valence-electron chi connectivity index (χ1n) is 25.6. The highest BCUT2D eigenvalue weighted by Crippen LogP contribution is 2.75. The van der Waals surface area contributed by atoms with Gasteiger partial charge in [0, 0.05) is 33.6 Å². The van der Waals surface area contributed by atoms with Crippen LogP contribution in [0.3, 0.4) is 0 Å². The summed E-state index contributed by atoms with van der Waals surface area (Å²) in [4.78, 5) is 66.6. The second kappa shape index (κ2) is 17.9. The lowest BCUT2D eigenvalue weighted by atomic mass is 9.33. The number of carbonyl (C=O) groups excluding carboxylic acids is 5. The van der Waals surface area contributed by atoms with Crippen LogP contribution in [0.5, 0.6) is 0 Å². The number of esters is 4. The van der Waals surface area contributed by atoms with Gasteiger partial charge >= 0.3 is 23.9 Å². The minimum Gasteiger partial charge on any atom is -0.463 e.